The Morgan fingerprint density at radius 2 is 2.25 bits per heavy atom. The summed E-state index contributed by atoms with van der Waals surface area (Å²) >= 11 is 0. The number of rotatable bonds is 5. The highest BCUT2D eigenvalue weighted by Gasteiger charge is 2.26. The molecule has 0 aromatic carbocycles. The van der Waals surface area contributed by atoms with Crippen molar-refractivity contribution in [3.8, 4) is 0 Å². The van der Waals surface area contributed by atoms with Gasteiger partial charge in [0.2, 0.25) is 11.8 Å². The van der Waals surface area contributed by atoms with Crippen LogP contribution in [0.25, 0.3) is 0 Å². The third kappa shape index (κ3) is 4.32. The van der Waals surface area contributed by atoms with Gasteiger partial charge in [-0.1, -0.05) is 13.8 Å². The van der Waals surface area contributed by atoms with Gasteiger partial charge in [-0.3, -0.25) is 9.59 Å². The van der Waals surface area contributed by atoms with E-state index in [1.807, 2.05) is 4.90 Å². The van der Waals surface area contributed by atoms with Gasteiger partial charge in [0.25, 0.3) is 0 Å². The molecule has 5 nitrogen and oxygen atoms in total. The number of hydrazone groups is 1. The van der Waals surface area contributed by atoms with Crippen molar-refractivity contribution in [3.63, 3.8) is 0 Å². The van der Waals surface area contributed by atoms with E-state index in [1.165, 1.54) is 6.42 Å². The van der Waals surface area contributed by atoms with Gasteiger partial charge in [-0.25, -0.2) is 5.43 Å². The molecule has 20 heavy (non-hydrogen) atoms. The Bertz CT molecular complexity index is 404. The first kappa shape index (κ1) is 15.0. The highest BCUT2D eigenvalue weighted by molar-refractivity contribution is 5.94. The van der Waals surface area contributed by atoms with E-state index in [9.17, 15) is 9.59 Å². The lowest BCUT2D eigenvalue weighted by Crippen LogP contribution is -2.30. The normalized spacial score (nSPS) is 22.9. The molecule has 0 radical (unpaired) electrons. The number of likely N-dealkylation sites (tertiary alicyclic amines) is 1. The number of nitrogens with one attached hydrogen (secondary N) is 1. The minimum absolute atomic E-state index is 0.0313. The molecule has 2 rings (SSSR count). The van der Waals surface area contributed by atoms with Crippen molar-refractivity contribution < 1.29 is 9.59 Å². The van der Waals surface area contributed by atoms with E-state index >= 15 is 0 Å². The highest BCUT2D eigenvalue weighted by atomic mass is 16.2. The van der Waals surface area contributed by atoms with Gasteiger partial charge >= 0.3 is 0 Å². The summed E-state index contributed by atoms with van der Waals surface area (Å²) in [4.78, 5) is 25.1. The van der Waals surface area contributed by atoms with E-state index in [0.29, 0.717) is 37.5 Å². The standard InChI is InChI=1S/C15H25N3O2/c1-11(2)9-12-7-8-18(10-12)15(20)6-4-13-3-5-14(19)17-16-13/h11-12H,3-10H2,1-2H3,(H,17,19). The molecule has 0 saturated carbocycles. The summed E-state index contributed by atoms with van der Waals surface area (Å²) in [5, 5.41) is 4.01. The lowest BCUT2D eigenvalue weighted by Gasteiger charge is -2.18. The molecule has 2 amide bonds. The molecule has 0 aromatic rings. The van der Waals surface area contributed by atoms with E-state index in [-0.39, 0.29) is 11.8 Å². The number of carbonyl (C=O) groups excluding carboxylic acids is 2. The highest BCUT2D eigenvalue weighted by Crippen LogP contribution is 2.24. The lowest BCUT2D eigenvalue weighted by atomic mass is 9.97. The summed E-state index contributed by atoms with van der Waals surface area (Å²) in [5.74, 6) is 1.58. The minimum atomic E-state index is -0.0313. The fourth-order valence-electron chi connectivity index (χ4n) is 3.02. The molecule has 1 N–H and O–H groups in total. The molecule has 1 fully saturated rings. The van der Waals surface area contributed by atoms with Crippen LogP contribution >= 0.6 is 0 Å². The van der Waals surface area contributed by atoms with E-state index < -0.39 is 0 Å². The first-order valence-corrected chi connectivity index (χ1v) is 7.66. The third-order valence-electron chi connectivity index (χ3n) is 4.05. The Morgan fingerprint density at radius 3 is 2.90 bits per heavy atom. The molecule has 1 saturated heterocycles. The third-order valence-corrected chi connectivity index (χ3v) is 4.05. The first-order valence-electron chi connectivity index (χ1n) is 7.66. The van der Waals surface area contributed by atoms with Crippen LogP contribution in [0.4, 0.5) is 0 Å². The largest absolute Gasteiger partial charge is 0.342 e. The van der Waals surface area contributed by atoms with Crippen LogP contribution < -0.4 is 5.43 Å². The molecule has 5 heteroatoms. The number of carbonyl (C=O) groups is 2. The van der Waals surface area contributed by atoms with Gasteiger partial charge in [0.15, 0.2) is 0 Å². The Labute approximate surface area is 120 Å². The minimum Gasteiger partial charge on any atom is -0.342 e. The van der Waals surface area contributed by atoms with Crippen LogP contribution in [0.5, 0.6) is 0 Å². The average Bonchev–Trinajstić information content (AvgIpc) is 2.85. The molecule has 0 spiro atoms. The average molecular weight is 279 g/mol. The predicted molar refractivity (Wildman–Crippen MR) is 78.2 cm³/mol. The van der Waals surface area contributed by atoms with Gasteiger partial charge in [0, 0.05) is 31.6 Å². The number of hydrogen-bond donors (Lipinski definition) is 1. The van der Waals surface area contributed by atoms with Gasteiger partial charge in [-0.2, -0.15) is 5.10 Å². The summed E-state index contributed by atoms with van der Waals surface area (Å²) in [6.45, 7) is 6.29. The second-order valence-corrected chi connectivity index (χ2v) is 6.34. The Morgan fingerprint density at radius 1 is 1.45 bits per heavy atom. The molecule has 0 aromatic heterocycles. The fraction of sp³-hybridized carbons (Fsp3) is 0.800. The topological polar surface area (TPSA) is 61.8 Å². The molecule has 1 unspecified atom stereocenters. The molecule has 2 heterocycles. The fourth-order valence-corrected chi connectivity index (χ4v) is 3.02. The van der Waals surface area contributed by atoms with Crippen molar-refractivity contribution in [3.05, 3.63) is 0 Å². The van der Waals surface area contributed by atoms with E-state index in [4.69, 9.17) is 0 Å². The number of nitrogens with zero attached hydrogens (tertiary/aromatic N) is 2. The van der Waals surface area contributed by atoms with Crippen molar-refractivity contribution in [2.24, 2.45) is 16.9 Å². The quantitative estimate of drug-likeness (QED) is 0.836. The van der Waals surface area contributed by atoms with Gasteiger partial charge in [0.05, 0.1) is 0 Å². The second-order valence-electron chi connectivity index (χ2n) is 6.34. The maximum atomic E-state index is 12.2. The lowest BCUT2D eigenvalue weighted by molar-refractivity contribution is -0.130. The Balaban J connectivity index is 1.72. The van der Waals surface area contributed by atoms with Crippen molar-refractivity contribution >= 4 is 17.5 Å². The van der Waals surface area contributed by atoms with Crippen LogP contribution in [0.2, 0.25) is 0 Å². The summed E-state index contributed by atoms with van der Waals surface area (Å²) in [6.07, 6.45) is 4.72. The molecule has 0 bridgehead atoms. The second kappa shape index (κ2) is 6.86. The summed E-state index contributed by atoms with van der Waals surface area (Å²) in [5.41, 5.74) is 3.42. The Hall–Kier alpha value is -1.39. The monoisotopic (exact) mass is 279 g/mol. The predicted octanol–water partition coefficient (Wildman–Crippen LogP) is 1.93. The molecular weight excluding hydrogens is 254 g/mol. The molecular formula is C15H25N3O2. The van der Waals surface area contributed by atoms with Crippen LogP contribution in [-0.4, -0.2) is 35.5 Å². The van der Waals surface area contributed by atoms with Gasteiger partial charge in [-0.05, 0) is 37.5 Å². The van der Waals surface area contributed by atoms with Gasteiger partial charge in [0.1, 0.15) is 0 Å². The van der Waals surface area contributed by atoms with Gasteiger partial charge < -0.3 is 4.90 Å². The van der Waals surface area contributed by atoms with Crippen LogP contribution in [0, 0.1) is 11.8 Å². The summed E-state index contributed by atoms with van der Waals surface area (Å²) in [6, 6.07) is 0. The molecule has 0 aliphatic carbocycles. The van der Waals surface area contributed by atoms with E-state index in [0.717, 1.165) is 25.2 Å². The van der Waals surface area contributed by atoms with Crippen LogP contribution in [-0.2, 0) is 9.59 Å². The maximum absolute atomic E-state index is 12.2. The van der Waals surface area contributed by atoms with Crippen LogP contribution in [0.15, 0.2) is 5.10 Å². The summed E-state index contributed by atoms with van der Waals surface area (Å²) < 4.78 is 0. The van der Waals surface area contributed by atoms with Crippen LogP contribution in [0.3, 0.4) is 0 Å². The van der Waals surface area contributed by atoms with Gasteiger partial charge in [-0.15, -0.1) is 0 Å². The van der Waals surface area contributed by atoms with Crippen LogP contribution in [0.1, 0.15) is 52.4 Å². The van der Waals surface area contributed by atoms with Crippen molar-refractivity contribution in [2.75, 3.05) is 13.1 Å². The maximum Gasteiger partial charge on any atom is 0.240 e. The molecule has 2 aliphatic rings. The van der Waals surface area contributed by atoms with Crippen molar-refractivity contribution in [2.45, 2.75) is 52.4 Å². The van der Waals surface area contributed by atoms with Crippen molar-refractivity contribution in [1.82, 2.24) is 10.3 Å². The molecule has 2 aliphatic heterocycles. The number of hydrogen-bond acceptors (Lipinski definition) is 3. The summed E-state index contributed by atoms with van der Waals surface area (Å²) in [7, 11) is 0. The molecule has 112 valence electrons. The number of amides is 2. The zero-order chi connectivity index (χ0) is 14.5. The first-order chi connectivity index (χ1) is 9.54. The van der Waals surface area contributed by atoms with Crippen molar-refractivity contribution in [1.29, 1.82) is 0 Å². The van der Waals surface area contributed by atoms with E-state index in [1.54, 1.807) is 0 Å². The zero-order valence-electron chi connectivity index (χ0n) is 12.5. The smallest absolute Gasteiger partial charge is 0.240 e. The zero-order valence-corrected chi connectivity index (χ0v) is 12.5. The Kier molecular flexibility index (Phi) is 5.15. The SMILES string of the molecule is CC(C)CC1CCN(C(=O)CCC2=NNC(=O)CC2)C1. The van der Waals surface area contributed by atoms with E-state index in [2.05, 4.69) is 24.4 Å². The molecule has 1 atom stereocenters.